The van der Waals surface area contributed by atoms with Crippen molar-refractivity contribution in [2.24, 2.45) is 0 Å². The van der Waals surface area contributed by atoms with Gasteiger partial charge in [-0.25, -0.2) is 14.4 Å². The first-order valence-corrected chi connectivity index (χ1v) is 11.5. The van der Waals surface area contributed by atoms with Crippen LogP contribution in [0.25, 0.3) is 22.3 Å². The molecule has 2 aromatic carbocycles. The van der Waals surface area contributed by atoms with Crippen LogP contribution in [0.15, 0.2) is 66.7 Å². The Kier molecular flexibility index (Phi) is 6.40. The molecule has 0 atom stereocenters. The van der Waals surface area contributed by atoms with Gasteiger partial charge in [-0.3, -0.25) is 9.59 Å². The number of pyridine rings is 1. The van der Waals surface area contributed by atoms with Gasteiger partial charge >= 0.3 is 0 Å². The summed E-state index contributed by atoms with van der Waals surface area (Å²) in [7, 11) is 0. The number of benzene rings is 2. The molecule has 0 unspecified atom stereocenters. The number of fused-ring (bicyclic) bond motifs is 1. The van der Waals surface area contributed by atoms with E-state index in [0.717, 1.165) is 5.56 Å². The summed E-state index contributed by atoms with van der Waals surface area (Å²) in [5, 5.41) is 2.68. The Morgan fingerprint density at radius 3 is 2.33 bits per heavy atom. The van der Waals surface area contributed by atoms with Crippen molar-refractivity contribution < 1.29 is 14.0 Å². The van der Waals surface area contributed by atoms with E-state index in [4.69, 9.17) is 10.7 Å². The first kappa shape index (κ1) is 23.2. The molecule has 0 aliphatic carbocycles. The van der Waals surface area contributed by atoms with Crippen molar-refractivity contribution in [3.8, 4) is 11.3 Å². The average Bonchev–Trinajstić information content (AvgIpc) is 2.92. The molecule has 0 radical (unpaired) electrons. The van der Waals surface area contributed by atoms with E-state index in [1.54, 1.807) is 41.3 Å². The van der Waals surface area contributed by atoms with Crippen molar-refractivity contribution in [2.75, 3.05) is 43.4 Å². The second-order valence-corrected chi connectivity index (χ2v) is 8.39. The monoisotopic (exact) mass is 485 g/mol. The molecule has 4 aromatic rings. The number of aromatic nitrogens is 3. The van der Waals surface area contributed by atoms with Gasteiger partial charge in [0.2, 0.25) is 11.9 Å². The number of hydrogen-bond donors (Lipinski definition) is 2. The molecule has 3 heterocycles. The molecule has 1 fully saturated rings. The van der Waals surface area contributed by atoms with E-state index in [0.29, 0.717) is 54.3 Å². The van der Waals surface area contributed by atoms with E-state index in [1.807, 2.05) is 23.1 Å². The Balaban J connectivity index is 1.28. The maximum Gasteiger partial charge on any atom is 0.251 e. The van der Waals surface area contributed by atoms with E-state index in [9.17, 15) is 14.0 Å². The molecule has 1 aliphatic heterocycles. The summed E-state index contributed by atoms with van der Waals surface area (Å²) in [5.41, 5.74) is 9.10. The number of amides is 2. The minimum Gasteiger partial charge on any atom is -0.368 e. The molecule has 5 rings (SSSR count). The topological polar surface area (TPSA) is 117 Å². The fourth-order valence-electron chi connectivity index (χ4n) is 4.15. The number of nitrogens with one attached hydrogen (secondary N) is 1. The summed E-state index contributed by atoms with van der Waals surface area (Å²) < 4.78 is 13.4. The van der Waals surface area contributed by atoms with E-state index in [2.05, 4.69) is 15.3 Å². The molecule has 3 N–H and O–H groups in total. The molecule has 0 bridgehead atoms. The van der Waals surface area contributed by atoms with Crippen LogP contribution < -0.4 is 16.0 Å². The third-order valence-electron chi connectivity index (χ3n) is 6.05. The Morgan fingerprint density at radius 2 is 1.61 bits per heavy atom. The summed E-state index contributed by atoms with van der Waals surface area (Å²) in [6, 6.07) is 18.5. The van der Waals surface area contributed by atoms with Gasteiger partial charge in [0.1, 0.15) is 11.3 Å². The number of piperazine rings is 1. The number of hydrogen-bond acceptors (Lipinski definition) is 7. The predicted molar refractivity (Wildman–Crippen MR) is 135 cm³/mol. The molecule has 0 spiro atoms. The van der Waals surface area contributed by atoms with E-state index >= 15 is 0 Å². The summed E-state index contributed by atoms with van der Waals surface area (Å²) >= 11 is 0. The third kappa shape index (κ3) is 4.92. The van der Waals surface area contributed by atoms with Gasteiger partial charge in [0.25, 0.3) is 5.91 Å². The summed E-state index contributed by atoms with van der Waals surface area (Å²) in [5.74, 6) is -0.0263. The molecule has 9 nitrogen and oxygen atoms in total. The van der Waals surface area contributed by atoms with Gasteiger partial charge in [-0.05, 0) is 48.5 Å². The molecule has 1 saturated heterocycles. The van der Waals surface area contributed by atoms with Crippen LogP contribution in [0.4, 0.5) is 16.2 Å². The Bertz CT molecular complexity index is 1410. The first-order valence-electron chi connectivity index (χ1n) is 11.5. The van der Waals surface area contributed by atoms with E-state index < -0.39 is 0 Å². The molecular formula is C26H24FN7O2. The normalized spacial score (nSPS) is 13.6. The number of nitrogen functional groups attached to an aromatic ring is 1. The van der Waals surface area contributed by atoms with Crippen LogP contribution >= 0.6 is 0 Å². The Hall–Kier alpha value is -4.60. The molecule has 36 heavy (non-hydrogen) atoms. The Morgan fingerprint density at radius 1 is 0.889 bits per heavy atom. The fraction of sp³-hybridized carbons (Fsp3) is 0.192. The number of carbonyl (C=O) groups excluding carboxylic acids is 2. The highest BCUT2D eigenvalue weighted by atomic mass is 19.1. The summed E-state index contributed by atoms with van der Waals surface area (Å²) in [6.45, 7) is 1.89. The predicted octanol–water partition coefficient (Wildman–Crippen LogP) is 2.49. The molecular weight excluding hydrogens is 461 g/mol. The van der Waals surface area contributed by atoms with Gasteiger partial charge in [0, 0.05) is 37.3 Å². The minimum atomic E-state index is -0.316. The quantitative estimate of drug-likeness (QED) is 0.446. The minimum absolute atomic E-state index is 0.0697. The summed E-state index contributed by atoms with van der Waals surface area (Å²) in [6.07, 6.45) is 0. The lowest BCUT2D eigenvalue weighted by Gasteiger charge is -2.35. The molecule has 1 aliphatic rings. The van der Waals surface area contributed by atoms with Crippen LogP contribution in [0.2, 0.25) is 0 Å². The van der Waals surface area contributed by atoms with Crippen molar-refractivity contribution in [3.63, 3.8) is 0 Å². The standard InChI is InChI=1S/C26H24FN7O2/c27-19-8-6-17(7-9-19)20-10-11-21-23(30-20)24(32-26(28)31-21)34-14-12-33(13-15-34)22(35)16-29-25(36)18-4-2-1-3-5-18/h1-11H,12-16H2,(H,29,36)(H2,28,31,32). The second kappa shape index (κ2) is 9.95. The summed E-state index contributed by atoms with van der Waals surface area (Å²) in [4.78, 5) is 42.1. The van der Waals surface area contributed by atoms with E-state index in [-0.39, 0.29) is 30.1 Å². The molecule has 2 aromatic heterocycles. The van der Waals surface area contributed by atoms with Crippen LogP contribution in [-0.2, 0) is 4.79 Å². The molecule has 0 saturated carbocycles. The van der Waals surface area contributed by atoms with Crippen LogP contribution in [0.1, 0.15) is 10.4 Å². The number of halogens is 1. The van der Waals surface area contributed by atoms with Crippen molar-refractivity contribution >= 4 is 34.6 Å². The van der Waals surface area contributed by atoms with Gasteiger partial charge in [-0.2, -0.15) is 4.98 Å². The first-order chi connectivity index (χ1) is 17.5. The molecule has 182 valence electrons. The lowest BCUT2D eigenvalue weighted by Crippen LogP contribution is -2.51. The van der Waals surface area contributed by atoms with Crippen molar-refractivity contribution in [1.29, 1.82) is 0 Å². The van der Waals surface area contributed by atoms with Gasteiger partial charge < -0.3 is 20.9 Å². The smallest absolute Gasteiger partial charge is 0.251 e. The lowest BCUT2D eigenvalue weighted by atomic mass is 10.1. The van der Waals surface area contributed by atoms with Crippen LogP contribution in [0.5, 0.6) is 0 Å². The average molecular weight is 486 g/mol. The van der Waals surface area contributed by atoms with Crippen molar-refractivity contribution in [3.05, 3.63) is 78.1 Å². The van der Waals surface area contributed by atoms with Crippen molar-refractivity contribution in [1.82, 2.24) is 25.2 Å². The van der Waals surface area contributed by atoms with E-state index in [1.165, 1.54) is 12.1 Å². The largest absolute Gasteiger partial charge is 0.368 e. The van der Waals surface area contributed by atoms with Gasteiger partial charge in [-0.1, -0.05) is 18.2 Å². The number of carbonyl (C=O) groups is 2. The highest BCUT2D eigenvalue weighted by Crippen LogP contribution is 2.27. The zero-order chi connectivity index (χ0) is 25.1. The lowest BCUT2D eigenvalue weighted by molar-refractivity contribution is -0.130. The second-order valence-electron chi connectivity index (χ2n) is 8.39. The maximum atomic E-state index is 13.4. The zero-order valence-corrected chi connectivity index (χ0v) is 19.4. The molecule has 2 amide bonds. The van der Waals surface area contributed by atoms with Crippen LogP contribution in [0, 0.1) is 5.82 Å². The maximum absolute atomic E-state index is 13.4. The van der Waals surface area contributed by atoms with Gasteiger partial charge in [0.15, 0.2) is 5.82 Å². The van der Waals surface area contributed by atoms with Gasteiger partial charge in [0.05, 0.1) is 17.8 Å². The van der Waals surface area contributed by atoms with Crippen LogP contribution in [0.3, 0.4) is 0 Å². The fourth-order valence-corrected chi connectivity index (χ4v) is 4.15. The zero-order valence-electron chi connectivity index (χ0n) is 19.4. The number of rotatable bonds is 5. The Labute approximate surface area is 206 Å². The van der Waals surface area contributed by atoms with Crippen LogP contribution in [-0.4, -0.2) is 64.4 Å². The highest BCUT2D eigenvalue weighted by molar-refractivity contribution is 5.96. The molecule has 10 heteroatoms. The van der Waals surface area contributed by atoms with Gasteiger partial charge in [-0.15, -0.1) is 0 Å². The highest BCUT2D eigenvalue weighted by Gasteiger charge is 2.24. The number of nitrogens with two attached hydrogens (primary N) is 1. The number of nitrogens with zero attached hydrogens (tertiary/aromatic N) is 5. The van der Waals surface area contributed by atoms with Crippen molar-refractivity contribution in [2.45, 2.75) is 0 Å². The number of anilines is 2. The third-order valence-corrected chi connectivity index (χ3v) is 6.05. The SMILES string of the molecule is Nc1nc(N2CCN(C(=O)CNC(=O)c3ccccc3)CC2)c2nc(-c3ccc(F)cc3)ccc2n1.